The molecule has 2 N–H and O–H groups in total. The summed E-state index contributed by atoms with van der Waals surface area (Å²) in [5.41, 5.74) is 8.26. The summed E-state index contributed by atoms with van der Waals surface area (Å²) >= 11 is 0. The first-order valence-corrected chi connectivity index (χ1v) is 7.91. The van der Waals surface area contributed by atoms with Crippen LogP contribution in [-0.4, -0.2) is 0 Å². The number of ether oxygens (including phenoxy) is 1. The molecule has 5 nitrogen and oxygen atoms in total. The monoisotopic (exact) mass is 316 g/mol. The lowest BCUT2D eigenvalue weighted by Gasteiger charge is -2.36. The van der Waals surface area contributed by atoms with Gasteiger partial charge in [-0.15, -0.1) is 0 Å². The van der Waals surface area contributed by atoms with Crippen LogP contribution in [0.15, 0.2) is 46.9 Å². The maximum atomic E-state index is 9.61. The van der Waals surface area contributed by atoms with Crippen molar-refractivity contribution in [3.05, 3.63) is 52.4 Å². The smallest absolute Gasteiger partial charge is 0.205 e. The number of para-hydroxylation sites is 1. The van der Waals surface area contributed by atoms with Crippen molar-refractivity contribution < 1.29 is 4.74 Å². The second-order valence-electron chi connectivity index (χ2n) is 5.98. The topological polar surface area (TPSA) is 107 Å². The number of benzene rings is 1. The Morgan fingerprint density at radius 2 is 1.88 bits per heavy atom. The second kappa shape index (κ2) is 6.49. The molecule has 0 amide bonds. The van der Waals surface area contributed by atoms with E-state index < -0.39 is 0 Å². The molecular formula is C19H16N4O. The molecule has 2 unspecified atom stereocenters. The van der Waals surface area contributed by atoms with Gasteiger partial charge in [0.2, 0.25) is 5.88 Å². The minimum Gasteiger partial charge on any atom is -0.440 e. The normalized spacial score (nSPS) is 22.5. The lowest BCUT2D eigenvalue weighted by Crippen LogP contribution is -2.28. The average Bonchev–Trinajstić information content (AvgIpc) is 2.62. The number of allylic oxidation sites excluding steroid dienone is 3. The van der Waals surface area contributed by atoms with Crippen molar-refractivity contribution in [3.8, 4) is 24.0 Å². The maximum absolute atomic E-state index is 9.61. The molecule has 118 valence electrons. The van der Waals surface area contributed by atoms with Gasteiger partial charge in [0.25, 0.3) is 0 Å². The molecule has 2 atom stereocenters. The summed E-state index contributed by atoms with van der Waals surface area (Å²) in [7, 11) is 0. The van der Waals surface area contributed by atoms with Crippen LogP contribution in [0.1, 0.15) is 37.2 Å². The fourth-order valence-corrected chi connectivity index (χ4v) is 3.74. The lowest BCUT2D eigenvalue weighted by molar-refractivity contribution is 0.348. The Morgan fingerprint density at radius 1 is 1.12 bits per heavy atom. The van der Waals surface area contributed by atoms with E-state index in [0.717, 1.165) is 30.4 Å². The van der Waals surface area contributed by atoms with Crippen molar-refractivity contribution in [2.75, 3.05) is 0 Å². The van der Waals surface area contributed by atoms with Gasteiger partial charge in [-0.2, -0.15) is 15.8 Å². The van der Waals surface area contributed by atoms with Crippen molar-refractivity contribution in [2.24, 2.45) is 11.7 Å². The molecule has 5 heteroatoms. The molecular weight excluding hydrogens is 300 g/mol. The van der Waals surface area contributed by atoms with Crippen LogP contribution in [-0.2, 0) is 0 Å². The number of rotatable bonds is 1. The quantitative estimate of drug-likeness (QED) is 0.799. The van der Waals surface area contributed by atoms with E-state index in [1.165, 1.54) is 0 Å². The zero-order chi connectivity index (χ0) is 17.1. The number of fused-ring (bicyclic) bond motifs is 1. The van der Waals surface area contributed by atoms with Gasteiger partial charge in [0.1, 0.15) is 29.5 Å². The number of hydrogen-bond donors (Lipinski definition) is 1. The predicted molar refractivity (Wildman–Crippen MR) is 86.8 cm³/mol. The summed E-state index contributed by atoms with van der Waals surface area (Å²) in [6.45, 7) is 0. The third-order valence-corrected chi connectivity index (χ3v) is 4.78. The van der Waals surface area contributed by atoms with Crippen molar-refractivity contribution in [3.63, 3.8) is 0 Å². The number of nitrogens with two attached hydrogens (primary N) is 1. The summed E-state index contributed by atoms with van der Waals surface area (Å²) in [6.07, 6.45) is 3.47. The van der Waals surface area contributed by atoms with Crippen molar-refractivity contribution in [2.45, 2.75) is 31.6 Å². The standard InChI is InChI=1S/C19H16N4O/c20-9-12(10-21)13-5-1-2-6-14(13)18-15-7-3-4-8-17(15)24-19(23)16(18)11-22/h3-4,7-8,14,18H,1-2,5-6,23H2. The fourth-order valence-electron chi connectivity index (χ4n) is 3.74. The fraction of sp³-hybridized carbons (Fsp3) is 0.316. The van der Waals surface area contributed by atoms with Gasteiger partial charge in [-0.1, -0.05) is 24.6 Å². The highest BCUT2D eigenvalue weighted by Crippen LogP contribution is 2.49. The average molecular weight is 316 g/mol. The Bertz CT molecular complexity index is 845. The van der Waals surface area contributed by atoms with E-state index in [9.17, 15) is 15.8 Å². The number of hydrogen-bond acceptors (Lipinski definition) is 5. The Kier molecular flexibility index (Phi) is 4.23. The molecule has 1 aromatic carbocycles. The Balaban J connectivity index is 2.19. The zero-order valence-electron chi connectivity index (χ0n) is 13.1. The van der Waals surface area contributed by atoms with Gasteiger partial charge in [-0.05, 0) is 36.8 Å². The third-order valence-electron chi connectivity index (χ3n) is 4.78. The molecule has 2 aliphatic rings. The van der Waals surface area contributed by atoms with Gasteiger partial charge in [0, 0.05) is 11.5 Å². The summed E-state index contributed by atoms with van der Waals surface area (Å²) < 4.78 is 5.59. The predicted octanol–water partition coefficient (Wildman–Crippen LogP) is 3.39. The van der Waals surface area contributed by atoms with Crippen LogP contribution in [0, 0.1) is 39.9 Å². The molecule has 3 rings (SSSR count). The van der Waals surface area contributed by atoms with E-state index in [0.29, 0.717) is 17.7 Å². The molecule has 1 heterocycles. The molecule has 1 saturated carbocycles. The highest BCUT2D eigenvalue weighted by molar-refractivity contribution is 5.53. The van der Waals surface area contributed by atoms with Gasteiger partial charge >= 0.3 is 0 Å². The van der Waals surface area contributed by atoms with Crippen LogP contribution in [0.5, 0.6) is 5.75 Å². The molecule has 0 radical (unpaired) electrons. The zero-order valence-corrected chi connectivity index (χ0v) is 13.1. The van der Waals surface area contributed by atoms with E-state index in [2.05, 4.69) is 6.07 Å². The van der Waals surface area contributed by atoms with E-state index in [-0.39, 0.29) is 23.3 Å². The summed E-state index contributed by atoms with van der Waals surface area (Å²) in [5, 5.41) is 28.2. The first-order chi connectivity index (χ1) is 11.7. The summed E-state index contributed by atoms with van der Waals surface area (Å²) in [5.74, 6) is 0.402. The minimum absolute atomic E-state index is 0.0775. The maximum Gasteiger partial charge on any atom is 0.205 e. The molecule has 1 aromatic rings. The van der Waals surface area contributed by atoms with Crippen molar-refractivity contribution in [1.29, 1.82) is 15.8 Å². The van der Waals surface area contributed by atoms with Gasteiger partial charge in [0.15, 0.2) is 0 Å². The number of nitrogens with zero attached hydrogens (tertiary/aromatic N) is 3. The number of nitriles is 3. The molecule has 1 aliphatic carbocycles. The lowest BCUT2D eigenvalue weighted by atomic mass is 9.69. The van der Waals surface area contributed by atoms with E-state index in [1.54, 1.807) is 0 Å². The summed E-state index contributed by atoms with van der Waals surface area (Å²) in [4.78, 5) is 0. The third kappa shape index (κ3) is 2.49. The van der Waals surface area contributed by atoms with Gasteiger partial charge in [-0.3, -0.25) is 0 Å². The Hall–Kier alpha value is -3.23. The molecule has 0 bridgehead atoms. The molecule has 1 aliphatic heterocycles. The first kappa shape index (κ1) is 15.7. The molecule has 1 fully saturated rings. The molecule has 24 heavy (non-hydrogen) atoms. The minimum atomic E-state index is -0.271. The highest BCUT2D eigenvalue weighted by atomic mass is 16.5. The SMILES string of the molecule is N#CC(C#N)=C1CCCCC1C1C(C#N)=C(N)Oc2ccccc21. The van der Waals surface area contributed by atoms with Gasteiger partial charge < -0.3 is 10.5 Å². The van der Waals surface area contributed by atoms with E-state index in [1.807, 2.05) is 36.4 Å². The molecule has 0 aromatic heterocycles. The Morgan fingerprint density at radius 3 is 2.58 bits per heavy atom. The van der Waals surface area contributed by atoms with Crippen molar-refractivity contribution >= 4 is 0 Å². The van der Waals surface area contributed by atoms with Gasteiger partial charge in [0.05, 0.1) is 5.57 Å². The largest absolute Gasteiger partial charge is 0.440 e. The first-order valence-electron chi connectivity index (χ1n) is 7.91. The van der Waals surface area contributed by atoms with Crippen LogP contribution in [0.3, 0.4) is 0 Å². The summed E-state index contributed by atoms with van der Waals surface area (Å²) in [6, 6.07) is 13.7. The van der Waals surface area contributed by atoms with Crippen LogP contribution in [0.2, 0.25) is 0 Å². The van der Waals surface area contributed by atoms with Crippen molar-refractivity contribution in [1.82, 2.24) is 0 Å². The van der Waals surface area contributed by atoms with E-state index >= 15 is 0 Å². The Labute approximate surface area is 140 Å². The van der Waals surface area contributed by atoms with Gasteiger partial charge in [-0.25, -0.2) is 0 Å². The van der Waals surface area contributed by atoms with Crippen LogP contribution in [0.25, 0.3) is 0 Å². The van der Waals surface area contributed by atoms with Crippen LogP contribution < -0.4 is 10.5 Å². The molecule has 0 saturated heterocycles. The highest BCUT2D eigenvalue weighted by Gasteiger charge is 2.38. The second-order valence-corrected chi connectivity index (χ2v) is 5.98. The van der Waals surface area contributed by atoms with Crippen LogP contribution in [0.4, 0.5) is 0 Å². The van der Waals surface area contributed by atoms with Crippen LogP contribution >= 0.6 is 0 Å². The molecule has 0 spiro atoms. The van der Waals surface area contributed by atoms with E-state index in [4.69, 9.17) is 10.5 Å².